The van der Waals surface area contributed by atoms with Crippen LogP contribution in [-0.2, 0) is 4.79 Å². The molecule has 3 nitrogen and oxygen atoms in total. The Hall–Kier alpha value is -0.990. The SMILES string of the molecule is CCCC(=C(C)C(N)=O)N(CC)CC. The maximum absolute atomic E-state index is 11.1. The molecule has 14 heavy (non-hydrogen) atoms. The quantitative estimate of drug-likeness (QED) is 0.662. The second-order valence-corrected chi connectivity index (χ2v) is 3.36. The Kier molecular flexibility index (Phi) is 6.00. The van der Waals surface area contributed by atoms with Crippen molar-refractivity contribution in [3.63, 3.8) is 0 Å². The Morgan fingerprint density at radius 2 is 1.71 bits per heavy atom. The van der Waals surface area contributed by atoms with E-state index in [4.69, 9.17) is 5.73 Å². The largest absolute Gasteiger partial charge is 0.375 e. The predicted octanol–water partition coefficient (Wildman–Crippen LogP) is 1.89. The normalized spacial score (nSPS) is 12.3. The number of amides is 1. The zero-order valence-corrected chi connectivity index (χ0v) is 9.76. The summed E-state index contributed by atoms with van der Waals surface area (Å²) >= 11 is 0. The van der Waals surface area contributed by atoms with Crippen molar-refractivity contribution >= 4 is 5.91 Å². The van der Waals surface area contributed by atoms with E-state index >= 15 is 0 Å². The molecule has 0 fully saturated rings. The van der Waals surface area contributed by atoms with Crippen molar-refractivity contribution < 1.29 is 4.79 Å². The average molecular weight is 198 g/mol. The topological polar surface area (TPSA) is 46.3 Å². The van der Waals surface area contributed by atoms with Gasteiger partial charge in [-0.1, -0.05) is 13.3 Å². The van der Waals surface area contributed by atoms with Crippen molar-refractivity contribution in [1.82, 2.24) is 4.90 Å². The first-order valence-corrected chi connectivity index (χ1v) is 5.32. The highest BCUT2D eigenvalue weighted by molar-refractivity contribution is 5.91. The number of nitrogens with zero attached hydrogens (tertiary/aromatic N) is 1. The van der Waals surface area contributed by atoms with Crippen molar-refractivity contribution in [2.45, 2.75) is 40.5 Å². The van der Waals surface area contributed by atoms with E-state index in [-0.39, 0.29) is 5.91 Å². The van der Waals surface area contributed by atoms with Crippen LogP contribution in [0, 0.1) is 0 Å². The van der Waals surface area contributed by atoms with Gasteiger partial charge in [-0.15, -0.1) is 0 Å². The van der Waals surface area contributed by atoms with Gasteiger partial charge in [0.05, 0.1) is 0 Å². The van der Waals surface area contributed by atoms with Crippen LogP contribution in [0.2, 0.25) is 0 Å². The predicted molar refractivity (Wildman–Crippen MR) is 59.7 cm³/mol. The van der Waals surface area contributed by atoms with Gasteiger partial charge in [0, 0.05) is 24.4 Å². The molecule has 0 radical (unpaired) electrons. The molecule has 1 amide bonds. The number of carbonyl (C=O) groups is 1. The molecule has 0 spiro atoms. The van der Waals surface area contributed by atoms with Gasteiger partial charge in [-0.25, -0.2) is 0 Å². The van der Waals surface area contributed by atoms with E-state index < -0.39 is 0 Å². The Balaban J connectivity index is 4.89. The fourth-order valence-corrected chi connectivity index (χ4v) is 1.57. The van der Waals surface area contributed by atoms with Gasteiger partial charge in [0.1, 0.15) is 0 Å². The Morgan fingerprint density at radius 1 is 1.21 bits per heavy atom. The molecule has 0 heterocycles. The zero-order chi connectivity index (χ0) is 11.1. The minimum absolute atomic E-state index is 0.305. The minimum Gasteiger partial charge on any atom is -0.375 e. The van der Waals surface area contributed by atoms with Gasteiger partial charge >= 0.3 is 0 Å². The number of hydrogen-bond acceptors (Lipinski definition) is 2. The lowest BCUT2D eigenvalue weighted by Crippen LogP contribution is -2.26. The Labute approximate surface area is 87.0 Å². The van der Waals surface area contributed by atoms with Gasteiger partial charge < -0.3 is 10.6 Å². The molecule has 0 aliphatic rings. The number of primary amides is 1. The van der Waals surface area contributed by atoms with Crippen molar-refractivity contribution in [2.75, 3.05) is 13.1 Å². The third-order valence-corrected chi connectivity index (χ3v) is 2.43. The first-order valence-electron chi connectivity index (χ1n) is 5.32. The van der Waals surface area contributed by atoms with E-state index in [9.17, 15) is 4.79 Å². The van der Waals surface area contributed by atoms with Crippen LogP contribution >= 0.6 is 0 Å². The second-order valence-electron chi connectivity index (χ2n) is 3.36. The van der Waals surface area contributed by atoms with Crippen molar-refractivity contribution in [3.05, 3.63) is 11.3 Å². The molecule has 0 saturated carbocycles. The molecular formula is C11H22N2O. The standard InChI is InChI=1S/C11H22N2O/c1-5-8-10(9(4)11(12)14)13(6-2)7-3/h5-8H2,1-4H3,(H2,12,14). The van der Waals surface area contributed by atoms with E-state index in [2.05, 4.69) is 25.7 Å². The number of nitrogens with two attached hydrogens (primary N) is 1. The highest BCUT2D eigenvalue weighted by atomic mass is 16.1. The summed E-state index contributed by atoms with van der Waals surface area (Å²) in [6.45, 7) is 9.96. The zero-order valence-electron chi connectivity index (χ0n) is 9.76. The summed E-state index contributed by atoms with van der Waals surface area (Å²) in [4.78, 5) is 13.3. The summed E-state index contributed by atoms with van der Waals surface area (Å²) < 4.78 is 0. The molecule has 0 atom stereocenters. The number of allylic oxidation sites excluding steroid dienone is 1. The van der Waals surface area contributed by atoms with Crippen LogP contribution in [-0.4, -0.2) is 23.9 Å². The van der Waals surface area contributed by atoms with E-state index in [0.717, 1.165) is 31.6 Å². The highest BCUT2D eigenvalue weighted by Gasteiger charge is 2.11. The van der Waals surface area contributed by atoms with Crippen LogP contribution in [0.15, 0.2) is 11.3 Å². The van der Waals surface area contributed by atoms with E-state index in [1.165, 1.54) is 0 Å². The third-order valence-electron chi connectivity index (χ3n) is 2.43. The van der Waals surface area contributed by atoms with Crippen molar-refractivity contribution in [2.24, 2.45) is 5.73 Å². The molecule has 82 valence electrons. The molecule has 0 aromatic rings. The van der Waals surface area contributed by atoms with Gasteiger partial charge in [-0.2, -0.15) is 0 Å². The van der Waals surface area contributed by atoms with Crippen molar-refractivity contribution in [1.29, 1.82) is 0 Å². The maximum atomic E-state index is 11.1. The van der Waals surface area contributed by atoms with Gasteiger partial charge in [0.2, 0.25) is 5.91 Å². The second kappa shape index (κ2) is 6.46. The minimum atomic E-state index is -0.305. The van der Waals surface area contributed by atoms with Gasteiger partial charge in [0.15, 0.2) is 0 Å². The monoisotopic (exact) mass is 198 g/mol. The highest BCUT2D eigenvalue weighted by Crippen LogP contribution is 2.15. The smallest absolute Gasteiger partial charge is 0.246 e. The van der Waals surface area contributed by atoms with Crippen LogP contribution in [0.4, 0.5) is 0 Å². The molecule has 0 rings (SSSR count). The van der Waals surface area contributed by atoms with Crippen LogP contribution < -0.4 is 5.73 Å². The molecule has 0 saturated heterocycles. The summed E-state index contributed by atoms with van der Waals surface area (Å²) in [6, 6.07) is 0. The molecule has 0 unspecified atom stereocenters. The molecule has 0 aromatic heterocycles. The summed E-state index contributed by atoms with van der Waals surface area (Å²) in [5.74, 6) is -0.305. The lowest BCUT2D eigenvalue weighted by molar-refractivity contribution is -0.114. The molecule has 0 aliphatic heterocycles. The van der Waals surface area contributed by atoms with Gasteiger partial charge in [-0.3, -0.25) is 4.79 Å². The van der Waals surface area contributed by atoms with E-state index in [1.807, 2.05) is 6.92 Å². The maximum Gasteiger partial charge on any atom is 0.246 e. The molecule has 0 aliphatic carbocycles. The van der Waals surface area contributed by atoms with E-state index in [0.29, 0.717) is 5.57 Å². The van der Waals surface area contributed by atoms with Crippen molar-refractivity contribution in [3.8, 4) is 0 Å². The number of carbonyl (C=O) groups excluding carboxylic acids is 1. The summed E-state index contributed by atoms with van der Waals surface area (Å²) in [7, 11) is 0. The molecular weight excluding hydrogens is 176 g/mol. The fraction of sp³-hybridized carbons (Fsp3) is 0.727. The lowest BCUT2D eigenvalue weighted by atomic mass is 10.1. The molecule has 0 bridgehead atoms. The molecule has 0 aromatic carbocycles. The summed E-state index contributed by atoms with van der Waals surface area (Å²) in [5, 5.41) is 0. The summed E-state index contributed by atoms with van der Waals surface area (Å²) in [5.41, 5.74) is 7.10. The molecule has 3 heteroatoms. The lowest BCUT2D eigenvalue weighted by Gasteiger charge is -2.25. The van der Waals surface area contributed by atoms with Crippen LogP contribution in [0.1, 0.15) is 40.5 Å². The van der Waals surface area contributed by atoms with E-state index in [1.54, 1.807) is 0 Å². The average Bonchev–Trinajstić information content (AvgIpc) is 2.17. The van der Waals surface area contributed by atoms with Crippen LogP contribution in [0.25, 0.3) is 0 Å². The van der Waals surface area contributed by atoms with Crippen LogP contribution in [0.5, 0.6) is 0 Å². The summed E-state index contributed by atoms with van der Waals surface area (Å²) in [6.07, 6.45) is 1.97. The Bertz CT molecular complexity index is 217. The van der Waals surface area contributed by atoms with Gasteiger partial charge in [0.25, 0.3) is 0 Å². The fourth-order valence-electron chi connectivity index (χ4n) is 1.57. The first-order chi connectivity index (χ1) is 6.58. The number of hydrogen-bond donors (Lipinski definition) is 1. The molecule has 2 N–H and O–H groups in total. The third kappa shape index (κ3) is 3.40. The Morgan fingerprint density at radius 3 is 2.00 bits per heavy atom. The van der Waals surface area contributed by atoms with Crippen LogP contribution in [0.3, 0.4) is 0 Å². The van der Waals surface area contributed by atoms with Gasteiger partial charge in [-0.05, 0) is 27.2 Å². The first kappa shape index (κ1) is 13.0. The number of rotatable bonds is 6.